The summed E-state index contributed by atoms with van der Waals surface area (Å²) in [6, 6.07) is 8.48. The van der Waals surface area contributed by atoms with E-state index in [4.69, 9.17) is 0 Å². The molecular weight excluding hydrogens is 136 g/mol. The summed E-state index contributed by atoms with van der Waals surface area (Å²) in [6.07, 6.45) is 0. The maximum absolute atomic E-state index is 4.53. The van der Waals surface area contributed by atoms with Gasteiger partial charge in [0.1, 0.15) is 0 Å². The van der Waals surface area contributed by atoms with Crippen molar-refractivity contribution in [1.29, 1.82) is 0 Å². The van der Waals surface area contributed by atoms with Gasteiger partial charge >= 0.3 is 0 Å². The van der Waals surface area contributed by atoms with Gasteiger partial charge in [0.25, 0.3) is 0 Å². The number of fused-ring (bicyclic) bond motifs is 1. The number of halogens is 1. The van der Waals surface area contributed by atoms with E-state index in [1.807, 2.05) is 0 Å². The van der Waals surface area contributed by atoms with Gasteiger partial charge in [0.05, 0.1) is 0 Å². The van der Waals surface area contributed by atoms with Crippen LogP contribution < -0.4 is 10.8 Å². The molecule has 2 rings (SSSR count). The third-order valence-electron chi connectivity index (χ3n) is 1.11. The van der Waals surface area contributed by atoms with Gasteiger partial charge in [-0.2, -0.15) is 4.94 Å². The maximum Gasteiger partial charge on any atom is -0.00899 e. The number of rotatable bonds is 0. The van der Waals surface area contributed by atoms with E-state index in [1.165, 1.54) is 11.1 Å². The van der Waals surface area contributed by atoms with E-state index < -0.39 is 0 Å². The first-order chi connectivity index (χ1) is 4.38. The lowest BCUT2D eigenvalue weighted by molar-refractivity contribution is 1.10. The van der Waals surface area contributed by atoms with Crippen LogP contribution in [0.3, 0.4) is 0 Å². The van der Waals surface area contributed by atoms with Crippen molar-refractivity contribution in [2.45, 2.75) is 0 Å². The fourth-order valence-electron chi connectivity index (χ4n) is 0.676. The molecule has 0 aromatic carbocycles. The van der Waals surface area contributed by atoms with Gasteiger partial charge in [-0.15, -0.1) is 0 Å². The number of hydrazine groups is 1. The molecule has 2 nitrogen and oxygen atoms in total. The summed E-state index contributed by atoms with van der Waals surface area (Å²) in [7, 11) is 0. The molecule has 0 aromatic rings. The van der Waals surface area contributed by atoms with Crippen molar-refractivity contribution in [3.05, 3.63) is 24.3 Å². The molecule has 0 fully saturated rings. The molecule has 0 aromatic heterocycles. The van der Waals surface area contributed by atoms with Crippen LogP contribution in [-0.4, -0.2) is 0 Å². The van der Waals surface area contributed by atoms with E-state index in [9.17, 15) is 0 Å². The van der Waals surface area contributed by atoms with Gasteiger partial charge in [-0.25, -0.2) is 0 Å². The van der Waals surface area contributed by atoms with Gasteiger partial charge in [0.2, 0.25) is 0 Å². The van der Waals surface area contributed by atoms with Crippen LogP contribution in [0.1, 0.15) is 0 Å². The Labute approximate surface area is 58.7 Å². The third-order valence-corrected chi connectivity index (χ3v) is 1.11. The lowest BCUT2D eigenvalue weighted by Gasteiger charge is -1.57. The van der Waals surface area contributed by atoms with E-state index in [0.717, 1.165) is 0 Å². The second kappa shape index (κ2) is 2.82. The monoisotopic (exact) mass is 142 g/mol. The van der Waals surface area contributed by atoms with Gasteiger partial charge in [0.15, 0.2) is 0 Å². The van der Waals surface area contributed by atoms with E-state index in [1.54, 1.807) is 4.94 Å². The SMILES string of the molecule is NNCl.c1cc2cc-2c1. The molecule has 2 aliphatic carbocycles. The fourth-order valence-corrected chi connectivity index (χ4v) is 0.676. The molecular formula is C6H7ClN2. The van der Waals surface area contributed by atoms with E-state index >= 15 is 0 Å². The average Bonchev–Trinajstić information content (AvgIpc) is 2.43. The normalized spacial score (nSPS) is 9.56. The molecule has 3 N–H and O–H groups in total. The maximum atomic E-state index is 4.53. The Hall–Kier alpha value is -0.570. The lowest BCUT2D eigenvalue weighted by atomic mass is 10.6. The number of benzene rings is 1. The first kappa shape index (κ1) is 6.55. The van der Waals surface area contributed by atoms with Crippen LogP contribution in [0.4, 0.5) is 0 Å². The van der Waals surface area contributed by atoms with Gasteiger partial charge in [-0.05, 0) is 29.0 Å². The van der Waals surface area contributed by atoms with E-state index in [-0.39, 0.29) is 0 Å². The Kier molecular flexibility index (Phi) is 2.05. The van der Waals surface area contributed by atoms with Crippen molar-refractivity contribution in [1.82, 2.24) is 4.94 Å². The molecule has 0 atom stereocenters. The minimum atomic E-state index is 1.43. The van der Waals surface area contributed by atoms with Crippen LogP contribution in [0, 0.1) is 0 Å². The highest BCUT2D eigenvalue weighted by Crippen LogP contribution is 2.32. The summed E-state index contributed by atoms with van der Waals surface area (Å²) in [4.78, 5) is 1.72. The summed E-state index contributed by atoms with van der Waals surface area (Å²) in [5.74, 6) is 4.36. The zero-order valence-electron chi connectivity index (χ0n) is 4.76. The first-order valence-corrected chi connectivity index (χ1v) is 2.93. The topological polar surface area (TPSA) is 38.0 Å². The van der Waals surface area contributed by atoms with Gasteiger partial charge in [-0.3, -0.25) is 5.84 Å². The number of hydrogen-bond donors (Lipinski definition) is 2. The highest BCUT2D eigenvalue weighted by Gasteiger charge is 2.06. The van der Waals surface area contributed by atoms with Gasteiger partial charge < -0.3 is 0 Å². The molecule has 2 aliphatic rings. The van der Waals surface area contributed by atoms with Crippen molar-refractivity contribution in [2.24, 2.45) is 5.84 Å². The number of nitrogens with one attached hydrogen (secondary N) is 1. The van der Waals surface area contributed by atoms with Gasteiger partial charge in [0, 0.05) is 0 Å². The Bertz CT molecular complexity index is 183. The zero-order chi connectivity index (χ0) is 6.69. The third kappa shape index (κ3) is 1.68. The second-order valence-corrected chi connectivity index (χ2v) is 1.91. The number of nitrogens with two attached hydrogens (primary N) is 1. The minimum Gasteiger partial charge on any atom is -0.257 e. The van der Waals surface area contributed by atoms with Crippen molar-refractivity contribution in [3.63, 3.8) is 0 Å². The van der Waals surface area contributed by atoms with Gasteiger partial charge in [-0.1, -0.05) is 18.2 Å². The summed E-state index contributed by atoms with van der Waals surface area (Å²) in [5, 5.41) is 0. The van der Waals surface area contributed by atoms with Crippen LogP contribution in [0.5, 0.6) is 0 Å². The molecule has 0 saturated heterocycles. The van der Waals surface area contributed by atoms with Crippen molar-refractivity contribution in [2.75, 3.05) is 0 Å². The molecule has 0 amide bonds. The highest BCUT2D eigenvalue weighted by atomic mass is 35.5. The van der Waals surface area contributed by atoms with Crippen molar-refractivity contribution in [3.8, 4) is 11.1 Å². The summed E-state index contributed by atoms with van der Waals surface area (Å²) in [6.45, 7) is 0. The molecule has 0 bridgehead atoms. The van der Waals surface area contributed by atoms with Crippen LogP contribution in [0.15, 0.2) is 24.3 Å². The molecule has 0 saturated carbocycles. The summed E-state index contributed by atoms with van der Waals surface area (Å²) < 4.78 is 0. The Balaban J connectivity index is 0.000000120. The Morgan fingerprint density at radius 1 is 1.33 bits per heavy atom. The highest BCUT2D eigenvalue weighted by molar-refractivity contribution is 6.12. The van der Waals surface area contributed by atoms with Crippen LogP contribution >= 0.6 is 11.8 Å². The van der Waals surface area contributed by atoms with Crippen LogP contribution in [0.25, 0.3) is 11.1 Å². The molecule has 0 aliphatic heterocycles. The average molecular weight is 143 g/mol. The smallest absolute Gasteiger partial charge is 0.00899 e. The molecule has 9 heavy (non-hydrogen) atoms. The van der Waals surface area contributed by atoms with E-state index in [2.05, 4.69) is 41.9 Å². The second-order valence-electron chi connectivity index (χ2n) is 1.69. The molecule has 0 spiro atoms. The summed E-state index contributed by atoms with van der Waals surface area (Å²) in [5.41, 5.74) is 2.85. The molecule has 3 heteroatoms. The molecule has 0 heterocycles. The molecule has 48 valence electrons. The fraction of sp³-hybridized carbons (Fsp3) is 0. The number of hydrogen-bond acceptors (Lipinski definition) is 2. The predicted octanol–water partition coefficient (Wildman–Crippen LogP) is 1.27. The van der Waals surface area contributed by atoms with Crippen LogP contribution in [-0.2, 0) is 0 Å². The lowest BCUT2D eigenvalue weighted by Crippen LogP contribution is -2.05. The van der Waals surface area contributed by atoms with Crippen molar-refractivity contribution < 1.29 is 0 Å². The van der Waals surface area contributed by atoms with E-state index in [0.29, 0.717) is 0 Å². The Morgan fingerprint density at radius 3 is 1.89 bits per heavy atom. The standard InChI is InChI=1S/C6H4.ClH3N2/c1-2-5-4-6(5)3-1;1-3-2/h1-4H;3H,2H2. The molecule has 0 unspecified atom stereocenters. The van der Waals surface area contributed by atoms with Crippen molar-refractivity contribution >= 4 is 11.8 Å². The first-order valence-electron chi connectivity index (χ1n) is 2.55. The minimum absolute atomic E-state index is 1.43. The largest absolute Gasteiger partial charge is 0.257 e. The quantitative estimate of drug-likeness (QED) is 0.330. The Morgan fingerprint density at radius 2 is 1.78 bits per heavy atom. The summed E-state index contributed by atoms with van der Waals surface area (Å²) >= 11 is 4.53. The zero-order valence-corrected chi connectivity index (χ0v) is 5.52. The predicted molar refractivity (Wildman–Crippen MR) is 38.6 cm³/mol. The molecule has 0 radical (unpaired) electrons. The van der Waals surface area contributed by atoms with Crippen LogP contribution in [0.2, 0.25) is 0 Å².